The molecule has 4 nitrogen and oxygen atoms in total. The Morgan fingerprint density at radius 2 is 1.76 bits per heavy atom. The van der Waals surface area contributed by atoms with E-state index in [2.05, 4.69) is 5.32 Å². The molecule has 2 unspecified atom stereocenters. The summed E-state index contributed by atoms with van der Waals surface area (Å²) in [6, 6.07) is 15.3. The Hall–Kier alpha value is -2.40. The second kappa shape index (κ2) is 9.18. The van der Waals surface area contributed by atoms with Gasteiger partial charge in [0.1, 0.15) is 18.2 Å². The summed E-state index contributed by atoms with van der Waals surface area (Å²) in [6.45, 7) is 4.88. The van der Waals surface area contributed by atoms with Crippen LogP contribution in [0, 0.1) is 5.82 Å². The van der Waals surface area contributed by atoms with E-state index in [0.717, 1.165) is 11.3 Å². The van der Waals surface area contributed by atoms with Crippen molar-refractivity contribution in [2.45, 2.75) is 25.9 Å². The van der Waals surface area contributed by atoms with Crippen molar-refractivity contribution in [3.05, 3.63) is 66.0 Å². The zero-order chi connectivity index (χ0) is 18.2. The summed E-state index contributed by atoms with van der Waals surface area (Å²) in [5, 5.41) is 2.96. The lowest BCUT2D eigenvalue weighted by Gasteiger charge is -2.25. The van der Waals surface area contributed by atoms with Gasteiger partial charge >= 0.3 is 0 Å². The largest absolute Gasteiger partial charge is 0.492 e. The molecular formula is C20H25FN2O2. The number of nitrogens with one attached hydrogen (secondary N) is 1. The lowest BCUT2D eigenvalue weighted by Crippen LogP contribution is -2.45. The third-order valence-corrected chi connectivity index (χ3v) is 4.23. The van der Waals surface area contributed by atoms with Gasteiger partial charge in [0.25, 0.3) is 0 Å². The molecule has 2 aromatic carbocycles. The smallest absolute Gasteiger partial charge is 0.237 e. The van der Waals surface area contributed by atoms with E-state index in [1.54, 1.807) is 12.1 Å². The average molecular weight is 344 g/mol. The number of likely N-dealkylation sites (N-methyl/N-ethyl adjacent to an activating group) is 1. The SMILES string of the molecule is CC(NC(=O)C(C)N(C)CCOc1ccccc1)c1ccc(F)cc1. The predicted molar refractivity (Wildman–Crippen MR) is 97.0 cm³/mol. The Morgan fingerprint density at radius 3 is 2.40 bits per heavy atom. The fourth-order valence-corrected chi connectivity index (χ4v) is 2.39. The Labute approximate surface area is 148 Å². The quantitative estimate of drug-likeness (QED) is 0.798. The Morgan fingerprint density at radius 1 is 1.12 bits per heavy atom. The van der Waals surface area contributed by atoms with Gasteiger partial charge in [-0.05, 0) is 50.7 Å². The number of benzene rings is 2. The molecule has 0 spiro atoms. The van der Waals surface area contributed by atoms with Crippen LogP contribution in [-0.2, 0) is 4.79 Å². The molecule has 25 heavy (non-hydrogen) atoms. The molecule has 1 N–H and O–H groups in total. The highest BCUT2D eigenvalue weighted by Crippen LogP contribution is 2.13. The molecule has 5 heteroatoms. The van der Waals surface area contributed by atoms with Crippen molar-refractivity contribution >= 4 is 5.91 Å². The number of para-hydroxylation sites is 1. The van der Waals surface area contributed by atoms with Gasteiger partial charge in [0.05, 0.1) is 12.1 Å². The lowest BCUT2D eigenvalue weighted by atomic mass is 10.1. The van der Waals surface area contributed by atoms with Gasteiger partial charge < -0.3 is 10.1 Å². The van der Waals surface area contributed by atoms with Crippen LogP contribution in [0.4, 0.5) is 4.39 Å². The van der Waals surface area contributed by atoms with Gasteiger partial charge in [0.15, 0.2) is 0 Å². The molecule has 0 aliphatic rings. The molecule has 2 rings (SSSR count). The Kier molecular flexibility index (Phi) is 6.95. The minimum absolute atomic E-state index is 0.0703. The van der Waals surface area contributed by atoms with Gasteiger partial charge in [0.2, 0.25) is 5.91 Å². The standard InChI is InChI=1S/C20H25FN2O2/c1-15(17-9-11-18(21)12-10-17)22-20(24)16(2)23(3)13-14-25-19-7-5-4-6-8-19/h4-12,15-16H,13-14H2,1-3H3,(H,22,24). The van der Waals surface area contributed by atoms with Crippen molar-refractivity contribution in [3.8, 4) is 5.75 Å². The highest BCUT2D eigenvalue weighted by Gasteiger charge is 2.20. The van der Waals surface area contributed by atoms with Crippen LogP contribution in [0.2, 0.25) is 0 Å². The van der Waals surface area contributed by atoms with Gasteiger partial charge in [-0.25, -0.2) is 4.39 Å². The normalized spacial score (nSPS) is 13.3. The molecule has 2 atom stereocenters. The molecule has 0 saturated carbocycles. The number of carbonyl (C=O) groups is 1. The van der Waals surface area contributed by atoms with Gasteiger partial charge in [-0.2, -0.15) is 0 Å². The van der Waals surface area contributed by atoms with Crippen LogP contribution in [0.5, 0.6) is 5.75 Å². The zero-order valence-corrected chi connectivity index (χ0v) is 14.9. The van der Waals surface area contributed by atoms with Crippen molar-refractivity contribution in [2.24, 2.45) is 0 Å². The molecule has 0 radical (unpaired) electrons. The molecule has 1 amide bonds. The van der Waals surface area contributed by atoms with Gasteiger partial charge in [-0.1, -0.05) is 30.3 Å². The Balaban J connectivity index is 1.78. The summed E-state index contributed by atoms with van der Waals surface area (Å²) < 4.78 is 18.6. The predicted octanol–water partition coefficient (Wildman–Crippen LogP) is 3.40. The summed E-state index contributed by atoms with van der Waals surface area (Å²) in [7, 11) is 1.89. The number of hydrogen-bond acceptors (Lipinski definition) is 3. The Bertz CT molecular complexity index is 661. The maximum atomic E-state index is 13.0. The van der Waals surface area contributed by atoms with Crippen LogP contribution in [0.3, 0.4) is 0 Å². The van der Waals surface area contributed by atoms with Crippen LogP contribution < -0.4 is 10.1 Å². The fourth-order valence-electron chi connectivity index (χ4n) is 2.39. The summed E-state index contributed by atoms with van der Waals surface area (Å²) in [5.74, 6) is 0.464. The van der Waals surface area contributed by atoms with Crippen molar-refractivity contribution in [2.75, 3.05) is 20.2 Å². The highest BCUT2D eigenvalue weighted by molar-refractivity contribution is 5.81. The first-order chi connectivity index (χ1) is 12.0. The van der Waals surface area contributed by atoms with Crippen LogP contribution in [-0.4, -0.2) is 37.0 Å². The molecule has 0 bridgehead atoms. The van der Waals surface area contributed by atoms with Crippen molar-refractivity contribution in [1.82, 2.24) is 10.2 Å². The van der Waals surface area contributed by atoms with Crippen LogP contribution >= 0.6 is 0 Å². The van der Waals surface area contributed by atoms with Crippen LogP contribution in [0.25, 0.3) is 0 Å². The second-order valence-electron chi connectivity index (χ2n) is 6.10. The minimum Gasteiger partial charge on any atom is -0.492 e. The molecule has 0 heterocycles. The topological polar surface area (TPSA) is 41.6 Å². The van der Waals surface area contributed by atoms with E-state index in [0.29, 0.717) is 13.2 Å². The number of rotatable bonds is 8. The zero-order valence-electron chi connectivity index (χ0n) is 14.9. The first-order valence-corrected chi connectivity index (χ1v) is 8.41. The van der Waals surface area contributed by atoms with Gasteiger partial charge in [-0.15, -0.1) is 0 Å². The number of halogens is 1. The van der Waals surface area contributed by atoms with E-state index in [1.165, 1.54) is 12.1 Å². The summed E-state index contributed by atoms with van der Waals surface area (Å²) in [4.78, 5) is 14.3. The summed E-state index contributed by atoms with van der Waals surface area (Å²) in [6.07, 6.45) is 0. The monoisotopic (exact) mass is 344 g/mol. The molecular weight excluding hydrogens is 319 g/mol. The van der Waals surface area contributed by atoms with Crippen LogP contribution in [0.1, 0.15) is 25.5 Å². The molecule has 0 fully saturated rings. The number of carbonyl (C=O) groups excluding carboxylic acids is 1. The van der Waals surface area contributed by atoms with Crippen molar-refractivity contribution < 1.29 is 13.9 Å². The minimum atomic E-state index is -0.290. The van der Waals surface area contributed by atoms with Crippen molar-refractivity contribution in [1.29, 1.82) is 0 Å². The maximum absolute atomic E-state index is 13.0. The fraction of sp³-hybridized carbons (Fsp3) is 0.350. The number of nitrogens with zero attached hydrogens (tertiary/aromatic N) is 1. The first-order valence-electron chi connectivity index (χ1n) is 8.41. The number of hydrogen-bond donors (Lipinski definition) is 1. The third kappa shape index (κ3) is 5.87. The number of amides is 1. The maximum Gasteiger partial charge on any atom is 0.237 e. The van der Waals surface area contributed by atoms with Gasteiger partial charge in [0, 0.05) is 6.54 Å². The van der Waals surface area contributed by atoms with Crippen LogP contribution in [0.15, 0.2) is 54.6 Å². The number of ether oxygens (including phenoxy) is 1. The average Bonchev–Trinajstić information content (AvgIpc) is 2.62. The second-order valence-corrected chi connectivity index (χ2v) is 6.10. The van der Waals surface area contributed by atoms with E-state index in [-0.39, 0.29) is 23.8 Å². The van der Waals surface area contributed by atoms with Crippen molar-refractivity contribution in [3.63, 3.8) is 0 Å². The van der Waals surface area contributed by atoms with E-state index >= 15 is 0 Å². The van der Waals surface area contributed by atoms with E-state index in [9.17, 15) is 9.18 Å². The van der Waals surface area contributed by atoms with E-state index in [4.69, 9.17) is 4.74 Å². The summed E-state index contributed by atoms with van der Waals surface area (Å²) >= 11 is 0. The molecule has 0 aliphatic heterocycles. The molecule has 0 aliphatic carbocycles. The first kappa shape index (κ1) is 18.9. The molecule has 2 aromatic rings. The highest BCUT2D eigenvalue weighted by atomic mass is 19.1. The molecule has 0 aromatic heterocycles. The van der Waals surface area contributed by atoms with E-state index < -0.39 is 0 Å². The summed E-state index contributed by atoms with van der Waals surface area (Å²) in [5.41, 5.74) is 0.872. The third-order valence-electron chi connectivity index (χ3n) is 4.23. The molecule has 0 saturated heterocycles. The van der Waals surface area contributed by atoms with E-state index in [1.807, 2.05) is 56.1 Å². The molecule has 134 valence electrons. The lowest BCUT2D eigenvalue weighted by molar-refractivity contribution is -0.126. The van der Waals surface area contributed by atoms with Gasteiger partial charge in [-0.3, -0.25) is 9.69 Å².